The topological polar surface area (TPSA) is 88.4 Å². The van der Waals surface area contributed by atoms with Crippen molar-refractivity contribution in [3.8, 4) is 11.8 Å². The molecule has 3 rings (SSSR count). The average molecular weight is 410 g/mol. The lowest BCUT2D eigenvalue weighted by atomic mass is 10.1. The molecule has 0 saturated carbocycles. The lowest BCUT2D eigenvalue weighted by molar-refractivity contribution is -0.142. The summed E-state index contributed by atoms with van der Waals surface area (Å²) in [5.74, 6) is -0.341. The predicted octanol–water partition coefficient (Wildman–Crippen LogP) is 4.09. The highest BCUT2D eigenvalue weighted by Crippen LogP contribution is 2.36. The van der Waals surface area contributed by atoms with Gasteiger partial charge < -0.3 is 14.8 Å². The number of nitrogens with zero attached hydrogens (tertiary/aromatic N) is 1. The number of hydrogen-bond donors (Lipinski definition) is 1. The van der Waals surface area contributed by atoms with Crippen molar-refractivity contribution < 1.29 is 19.1 Å². The molecule has 29 heavy (non-hydrogen) atoms. The number of carbonyl (C=O) groups is 2. The first-order chi connectivity index (χ1) is 14.1. The van der Waals surface area contributed by atoms with E-state index in [1.807, 2.05) is 0 Å². The first-order valence-electron chi connectivity index (χ1n) is 9.44. The zero-order chi connectivity index (χ0) is 20.6. The number of nitriles is 1. The second-order valence-electron chi connectivity index (χ2n) is 6.64. The van der Waals surface area contributed by atoms with Crippen molar-refractivity contribution >= 4 is 34.3 Å². The molecule has 0 atom stereocenters. The normalized spacial score (nSPS) is 13.2. The van der Waals surface area contributed by atoms with Crippen LogP contribution >= 0.6 is 11.3 Å². The second-order valence-corrected chi connectivity index (χ2v) is 7.75. The van der Waals surface area contributed by atoms with Gasteiger partial charge in [0.2, 0.25) is 0 Å². The fourth-order valence-electron chi connectivity index (χ4n) is 3.18. The van der Waals surface area contributed by atoms with Crippen molar-refractivity contribution in [1.82, 2.24) is 0 Å². The number of ether oxygens (including phenoxy) is 2. The fraction of sp³-hybridized carbons (Fsp3) is 0.318. The molecule has 0 aliphatic heterocycles. The van der Waals surface area contributed by atoms with Crippen LogP contribution in [0.25, 0.3) is 6.08 Å². The molecule has 1 aromatic heterocycles. The summed E-state index contributed by atoms with van der Waals surface area (Å²) in [7, 11) is 1.58. The molecule has 1 heterocycles. The molecule has 1 aliphatic carbocycles. The number of aryl methyl sites for hydroxylation is 1. The van der Waals surface area contributed by atoms with Crippen LogP contribution in [-0.4, -0.2) is 25.6 Å². The number of hydrogen-bond acceptors (Lipinski definition) is 6. The summed E-state index contributed by atoms with van der Waals surface area (Å²) in [6, 6.07) is 9.40. The third kappa shape index (κ3) is 5.46. The van der Waals surface area contributed by atoms with Crippen molar-refractivity contribution in [3.63, 3.8) is 0 Å². The Balaban J connectivity index is 1.54. The van der Waals surface area contributed by atoms with Crippen LogP contribution in [0.15, 0.2) is 30.3 Å². The fourth-order valence-corrected chi connectivity index (χ4v) is 4.43. The molecule has 0 spiro atoms. The van der Waals surface area contributed by atoms with E-state index in [-0.39, 0.29) is 0 Å². The molecule has 1 N–H and O–H groups in total. The van der Waals surface area contributed by atoms with Crippen LogP contribution in [0.4, 0.5) is 5.00 Å². The van der Waals surface area contributed by atoms with Crippen LogP contribution in [0, 0.1) is 11.3 Å². The molecule has 0 unspecified atom stereocenters. The molecule has 1 amide bonds. The maximum atomic E-state index is 12.2. The van der Waals surface area contributed by atoms with E-state index in [4.69, 9.17) is 9.47 Å². The van der Waals surface area contributed by atoms with Crippen molar-refractivity contribution in [3.05, 3.63) is 51.9 Å². The summed E-state index contributed by atoms with van der Waals surface area (Å²) in [4.78, 5) is 25.2. The maximum absolute atomic E-state index is 12.2. The Morgan fingerprint density at radius 2 is 1.97 bits per heavy atom. The molecule has 6 nitrogen and oxygen atoms in total. The van der Waals surface area contributed by atoms with Crippen LogP contribution in [0.2, 0.25) is 0 Å². The Morgan fingerprint density at radius 1 is 1.21 bits per heavy atom. The number of anilines is 1. The van der Waals surface area contributed by atoms with E-state index >= 15 is 0 Å². The Labute approximate surface area is 173 Å². The summed E-state index contributed by atoms with van der Waals surface area (Å²) >= 11 is 1.45. The molecule has 0 fully saturated rings. The van der Waals surface area contributed by atoms with Gasteiger partial charge in [-0.1, -0.05) is 18.6 Å². The first kappa shape index (κ1) is 20.6. The Morgan fingerprint density at radius 3 is 2.69 bits per heavy atom. The highest BCUT2D eigenvalue weighted by atomic mass is 32.1. The van der Waals surface area contributed by atoms with Crippen LogP contribution in [0.3, 0.4) is 0 Å². The van der Waals surface area contributed by atoms with Gasteiger partial charge in [-0.3, -0.25) is 4.79 Å². The summed E-state index contributed by atoms with van der Waals surface area (Å²) in [6.45, 7) is -0.404. The largest absolute Gasteiger partial charge is 0.497 e. The highest BCUT2D eigenvalue weighted by Gasteiger charge is 2.21. The lowest BCUT2D eigenvalue weighted by Gasteiger charge is -2.04. The van der Waals surface area contributed by atoms with Gasteiger partial charge in [0, 0.05) is 11.0 Å². The van der Waals surface area contributed by atoms with Gasteiger partial charge in [0.1, 0.15) is 16.8 Å². The molecule has 0 bridgehead atoms. The SMILES string of the molecule is COc1ccc(C=CC(=O)OCC(=O)Nc2sc3c(c2C#N)CCCCC3)cc1. The van der Waals surface area contributed by atoms with Gasteiger partial charge in [-0.2, -0.15) is 5.26 Å². The van der Waals surface area contributed by atoms with Gasteiger partial charge in [0.15, 0.2) is 6.61 Å². The number of carbonyl (C=O) groups excluding carboxylic acids is 2. The second kappa shape index (κ2) is 9.89. The van der Waals surface area contributed by atoms with E-state index in [1.54, 1.807) is 37.5 Å². The summed E-state index contributed by atoms with van der Waals surface area (Å²) < 4.78 is 10.1. The molecule has 7 heteroatoms. The van der Waals surface area contributed by atoms with Crippen molar-refractivity contribution in [1.29, 1.82) is 5.26 Å². The quantitative estimate of drug-likeness (QED) is 0.440. The van der Waals surface area contributed by atoms with Crippen LogP contribution in [-0.2, 0) is 27.2 Å². The van der Waals surface area contributed by atoms with E-state index in [9.17, 15) is 14.9 Å². The van der Waals surface area contributed by atoms with Crippen molar-refractivity contribution in [2.24, 2.45) is 0 Å². The molecule has 1 aliphatic rings. The van der Waals surface area contributed by atoms with Crippen molar-refractivity contribution in [2.45, 2.75) is 32.1 Å². The molecule has 0 saturated heterocycles. The predicted molar refractivity (Wildman–Crippen MR) is 112 cm³/mol. The Hall–Kier alpha value is -3.11. The number of esters is 1. The lowest BCUT2D eigenvalue weighted by Crippen LogP contribution is -2.20. The third-order valence-corrected chi connectivity index (χ3v) is 5.87. The summed E-state index contributed by atoms with van der Waals surface area (Å²) in [6.07, 6.45) is 8.00. The summed E-state index contributed by atoms with van der Waals surface area (Å²) in [5, 5.41) is 12.8. The van der Waals surface area contributed by atoms with Gasteiger partial charge in [-0.25, -0.2) is 4.79 Å². The molecular weight excluding hydrogens is 388 g/mol. The monoisotopic (exact) mass is 410 g/mol. The molecule has 1 aromatic carbocycles. The van der Waals surface area contributed by atoms with Gasteiger partial charge in [0.25, 0.3) is 5.91 Å². The van der Waals surface area contributed by atoms with Gasteiger partial charge in [0.05, 0.1) is 12.7 Å². The minimum absolute atomic E-state index is 0.404. The number of nitrogens with one attached hydrogen (secondary N) is 1. The van der Waals surface area contributed by atoms with E-state index in [0.717, 1.165) is 49.0 Å². The molecule has 0 radical (unpaired) electrons. The first-order valence-corrected chi connectivity index (χ1v) is 10.3. The third-order valence-electron chi connectivity index (χ3n) is 4.66. The smallest absolute Gasteiger partial charge is 0.331 e. The summed E-state index contributed by atoms with van der Waals surface area (Å²) in [5.41, 5.74) is 2.42. The number of benzene rings is 1. The zero-order valence-electron chi connectivity index (χ0n) is 16.2. The molecule has 150 valence electrons. The van der Waals surface area contributed by atoms with Crippen LogP contribution < -0.4 is 10.1 Å². The molecular formula is C22H22N2O4S. The Kier molecular flexibility index (Phi) is 7.04. The van der Waals surface area contributed by atoms with E-state index < -0.39 is 18.5 Å². The number of fused-ring (bicyclic) bond motifs is 1. The van der Waals surface area contributed by atoms with Gasteiger partial charge in [-0.15, -0.1) is 11.3 Å². The number of methoxy groups -OCH3 is 1. The van der Waals surface area contributed by atoms with Crippen molar-refractivity contribution in [2.75, 3.05) is 19.0 Å². The van der Waals surface area contributed by atoms with Gasteiger partial charge in [-0.05, 0) is 55.0 Å². The van der Waals surface area contributed by atoms with Crippen LogP contribution in [0.1, 0.15) is 40.8 Å². The van der Waals surface area contributed by atoms with E-state index in [0.29, 0.717) is 10.6 Å². The zero-order valence-corrected chi connectivity index (χ0v) is 17.0. The minimum Gasteiger partial charge on any atom is -0.497 e. The standard InChI is InChI=1S/C22H22N2O4S/c1-27-16-10-7-15(8-11-16)9-12-21(26)28-14-20(25)24-22-18(13-23)17-5-3-2-4-6-19(17)29-22/h7-12H,2-6,14H2,1H3,(H,24,25). The maximum Gasteiger partial charge on any atom is 0.331 e. The van der Waals surface area contributed by atoms with Gasteiger partial charge >= 0.3 is 5.97 Å². The average Bonchev–Trinajstić information content (AvgIpc) is 2.89. The number of rotatable bonds is 6. The number of thiophene rings is 1. The van der Waals surface area contributed by atoms with E-state index in [2.05, 4.69) is 11.4 Å². The minimum atomic E-state index is -0.613. The van der Waals surface area contributed by atoms with Crippen LogP contribution in [0.5, 0.6) is 5.75 Å². The Bertz CT molecular complexity index is 954. The molecule has 2 aromatic rings. The van der Waals surface area contributed by atoms with E-state index in [1.165, 1.54) is 22.3 Å². The number of amides is 1. The highest BCUT2D eigenvalue weighted by molar-refractivity contribution is 7.16.